The van der Waals surface area contributed by atoms with Gasteiger partial charge in [-0.25, -0.2) is 13.4 Å². The molecular formula is C24H25ClN2O3S. The van der Waals surface area contributed by atoms with E-state index in [0.717, 1.165) is 35.6 Å². The van der Waals surface area contributed by atoms with Crippen LogP contribution in [0.25, 0.3) is 10.9 Å². The van der Waals surface area contributed by atoms with Gasteiger partial charge in [0.2, 0.25) is 5.91 Å². The summed E-state index contributed by atoms with van der Waals surface area (Å²) in [6.45, 7) is 0. The second-order valence-corrected chi connectivity index (χ2v) is 10.7. The second kappa shape index (κ2) is 8.97. The summed E-state index contributed by atoms with van der Waals surface area (Å²) in [5.74, 6) is 0.382. The van der Waals surface area contributed by atoms with Gasteiger partial charge in [-0.15, -0.1) is 0 Å². The van der Waals surface area contributed by atoms with Gasteiger partial charge in [-0.3, -0.25) is 4.79 Å². The number of pyridine rings is 1. The topological polar surface area (TPSA) is 76.1 Å². The lowest BCUT2D eigenvalue weighted by Gasteiger charge is -2.21. The number of carbonyl (C=O) groups excluding carboxylic acids is 1. The highest BCUT2D eigenvalue weighted by atomic mass is 35.5. The SMILES string of the molecule is CS(=O)(=O)c1ccc([C@@H](CC2CCCC2)C(=O)Nc2ccc3ccccc3n2)cc1Cl. The molecule has 1 N–H and O–H groups in total. The number of hydrogen-bond acceptors (Lipinski definition) is 4. The van der Waals surface area contributed by atoms with E-state index >= 15 is 0 Å². The molecule has 2 aromatic carbocycles. The Kier molecular flexibility index (Phi) is 6.30. The summed E-state index contributed by atoms with van der Waals surface area (Å²) in [7, 11) is -3.43. The third kappa shape index (κ3) is 5.08. The number of hydrogen-bond donors (Lipinski definition) is 1. The van der Waals surface area contributed by atoms with Crippen molar-refractivity contribution in [2.24, 2.45) is 5.92 Å². The van der Waals surface area contributed by atoms with Crippen molar-refractivity contribution in [3.63, 3.8) is 0 Å². The molecule has 1 heterocycles. The van der Waals surface area contributed by atoms with Gasteiger partial charge in [-0.05, 0) is 48.2 Å². The number of para-hydroxylation sites is 1. The standard InChI is InChI=1S/C24H25ClN2O3S/c1-31(29,30)22-12-10-18(15-20(22)25)19(14-16-6-2-3-7-16)24(28)27-23-13-11-17-8-4-5-9-21(17)26-23/h4-5,8-13,15-16,19H,2-3,6-7,14H2,1H3,(H,26,27,28)/t19-/m1/s1. The molecule has 162 valence electrons. The average Bonchev–Trinajstić information content (AvgIpc) is 3.24. The number of halogens is 1. The smallest absolute Gasteiger partial charge is 0.233 e. The zero-order chi connectivity index (χ0) is 22.0. The van der Waals surface area contributed by atoms with Crippen LogP contribution in [-0.4, -0.2) is 25.6 Å². The number of nitrogens with zero attached hydrogens (tertiary/aromatic N) is 1. The van der Waals surface area contributed by atoms with Crippen LogP contribution in [0.4, 0.5) is 5.82 Å². The van der Waals surface area contributed by atoms with E-state index in [1.165, 1.54) is 18.9 Å². The Morgan fingerprint density at radius 2 is 1.87 bits per heavy atom. The summed E-state index contributed by atoms with van der Waals surface area (Å²) in [5, 5.41) is 4.11. The fraction of sp³-hybridized carbons (Fsp3) is 0.333. The minimum absolute atomic E-state index is 0.0779. The first kappa shape index (κ1) is 21.8. The largest absolute Gasteiger partial charge is 0.310 e. The van der Waals surface area contributed by atoms with Gasteiger partial charge in [0.15, 0.2) is 9.84 Å². The molecule has 3 aromatic rings. The van der Waals surface area contributed by atoms with E-state index < -0.39 is 15.8 Å². The van der Waals surface area contributed by atoms with Gasteiger partial charge in [0.1, 0.15) is 5.82 Å². The van der Waals surface area contributed by atoms with E-state index in [2.05, 4.69) is 10.3 Å². The summed E-state index contributed by atoms with van der Waals surface area (Å²) in [4.78, 5) is 17.9. The van der Waals surface area contributed by atoms with Gasteiger partial charge in [0.25, 0.3) is 0 Å². The molecule has 0 spiro atoms. The van der Waals surface area contributed by atoms with E-state index in [9.17, 15) is 13.2 Å². The molecule has 1 atom stereocenters. The predicted molar refractivity (Wildman–Crippen MR) is 124 cm³/mol. The number of fused-ring (bicyclic) bond motifs is 1. The lowest BCUT2D eigenvalue weighted by atomic mass is 9.87. The summed E-state index contributed by atoms with van der Waals surface area (Å²) in [6, 6.07) is 16.3. The molecule has 1 fully saturated rings. The Morgan fingerprint density at radius 3 is 2.58 bits per heavy atom. The van der Waals surface area contributed by atoms with E-state index in [4.69, 9.17) is 11.6 Å². The van der Waals surface area contributed by atoms with E-state index in [1.807, 2.05) is 30.3 Å². The van der Waals surface area contributed by atoms with Crippen LogP contribution in [-0.2, 0) is 14.6 Å². The molecule has 4 rings (SSSR count). The molecule has 1 aliphatic rings. The molecule has 0 saturated heterocycles. The van der Waals surface area contributed by atoms with Crippen LogP contribution in [0.1, 0.15) is 43.6 Å². The maximum absolute atomic E-state index is 13.3. The molecule has 7 heteroatoms. The Morgan fingerprint density at radius 1 is 1.13 bits per heavy atom. The van der Waals surface area contributed by atoms with Crippen molar-refractivity contribution in [2.75, 3.05) is 11.6 Å². The van der Waals surface area contributed by atoms with Crippen LogP contribution >= 0.6 is 11.6 Å². The molecule has 1 aliphatic carbocycles. The molecule has 5 nitrogen and oxygen atoms in total. The van der Waals surface area contributed by atoms with Crippen molar-refractivity contribution in [1.82, 2.24) is 4.98 Å². The van der Waals surface area contributed by atoms with Gasteiger partial charge in [0, 0.05) is 11.6 Å². The zero-order valence-corrected chi connectivity index (χ0v) is 18.9. The second-order valence-electron chi connectivity index (χ2n) is 8.28. The third-order valence-corrected chi connectivity index (χ3v) is 7.55. The lowest BCUT2D eigenvalue weighted by molar-refractivity contribution is -0.118. The van der Waals surface area contributed by atoms with E-state index in [1.54, 1.807) is 18.2 Å². The third-order valence-electron chi connectivity index (χ3n) is 5.97. The number of aromatic nitrogens is 1. The monoisotopic (exact) mass is 456 g/mol. The zero-order valence-electron chi connectivity index (χ0n) is 17.3. The number of nitrogens with one attached hydrogen (secondary N) is 1. The summed E-state index contributed by atoms with van der Waals surface area (Å²) in [5.41, 5.74) is 1.54. The maximum Gasteiger partial charge on any atom is 0.233 e. The van der Waals surface area contributed by atoms with Gasteiger partial charge in [0.05, 0.1) is 21.4 Å². The molecule has 0 bridgehead atoms. The normalized spacial score (nSPS) is 15.8. The number of sulfone groups is 1. The number of rotatable bonds is 6. The van der Waals surface area contributed by atoms with Crippen molar-refractivity contribution in [2.45, 2.75) is 42.9 Å². The Hall–Kier alpha value is -2.44. The maximum atomic E-state index is 13.3. The van der Waals surface area contributed by atoms with Gasteiger partial charge >= 0.3 is 0 Å². The molecule has 0 aliphatic heterocycles. The van der Waals surface area contributed by atoms with E-state index in [-0.39, 0.29) is 15.8 Å². The highest BCUT2D eigenvalue weighted by Gasteiger charge is 2.28. The summed E-state index contributed by atoms with van der Waals surface area (Å²) in [6.07, 6.45) is 6.40. The minimum atomic E-state index is -3.43. The van der Waals surface area contributed by atoms with Gasteiger partial charge < -0.3 is 5.32 Å². The van der Waals surface area contributed by atoms with Gasteiger partial charge in [-0.2, -0.15) is 0 Å². The molecule has 1 aromatic heterocycles. The Balaban J connectivity index is 1.63. The first-order valence-corrected chi connectivity index (χ1v) is 12.7. The predicted octanol–water partition coefficient (Wildman–Crippen LogP) is 5.59. The number of benzene rings is 2. The van der Waals surface area contributed by atoms with Crippen molar-refractivity contribution in [1.29, 1.82) is 0 Å². The van der Waals surface area contributed by atoms with Crippen LogP contribution < -0.4 is 5.32 Å². The number of amides is 1. The van der Waals surface area contributed by atoms with Crippen LogP contribution in [0, 0.1) is 5.92 Å². The first-order chi connectivity index (χ1) is 14.8. The van der Waals surface area contributed by atoms with Crippen molar-refractivity contribution >= 4 is 44.1 Å². The van der Waals surface area contributed by atoms with Crippen molar-refractivity contribution in [3.05, 3.63) is 65.2 Å². The Bertz CT molecular complexity index is 1220. The molecule has 31 heavy (non-hydrogen) atoms. The summed E-state index contributed by atoms with van der Waals surface area (Å²) >= 11 is 6.28. The van der Waals surface area contributed by atoms with Crippen molar-refractivity contribution < 1.29 is 13.2 Å². The average molecular weight is 457 g/mol. The van der Waals surface area contributed by atoms with Crippen molar-refractivity contribution in [3.8, 4) is 0 Å². The van der Waals surface area contributed by atoms with E-state index in [0.29, 0.717) is 18.2 Å². The van der Waals surface area contributed by atoms with Crippen LogP contribution in [0.15, 0.2) is 59.5 Å². The van der Waals surface area contributed by atoms with Crippen LogP contribution in [0.5, 0.6) is 0 Å². The molecule has 0 radical (unpaired) electrons. The highest BCUT2D eigenvalue weighted by molar-refractivity contribution is 7.90. The fourth-order valence-corrected chi connectivity index (χ4v) is 5.70. The quantitative estimate of drug-likeness (QED) is 0.524. The fourth-order valence-electron chi connectivity index (χ4n) is 4.36. The molecule has 0 unspecified atom stereocenters. The molecule has 1 amide bonds. The lowest BCUT2D eigenvalue weighted by Crippen LogP contribution is -2.23. The first-order valence-electron chi connectivity index (χ1n) is 10.5. The minimum Gasteiger partial charge on any atom is -0.310 e. The molecule has 1 saturated carbocycles. The highest BCUT2D eigenvalue weighted by Crippen LogP contribution is 2.36. The number of carbonyl (C=O) groups is 1. The summed E-state index contributed by atoms with van der Waals surface area (Å²) < 4.78 is 23.8. The Labute approximate surface area is 187 Å². The molecular weight excluding hydrogens is 432 g/mol. The van der Waals surface area contributed by atoms with Gasteiger partial charge in [-0.1, -0.05) is 61.5 Å². The number of anilines is 1. The van der Waals surface area contributed by atoms with Crippen LogP contribution in [0.3, 0.4) is 0 Å². The van der Waals surface area contributed by atoms with Crippen LogP contribution in [0.2, 0.25) is 5.02 Å².